The lowest BCUT2D eigenvalue weighted by Crippen LogP contribution is -2.14. The van der Waals surface area contributed by atoms with Crippen molar-refractivity contribution in [2.45, 2.75) is 6.42 Å². The molecule has 8 heteroatoms. The van der Waals surface area contributed by atoms with Crippen LogP contribution in [-0.2, 0) is 9.59 Å². The van der Waals surface area contributed by atoms with Gasteiger partial charge >= 0.3 is 17.6 Å². The third-order valence-electron chi connectivity index (χ3n) is 1.88. The summed E-state index contributed by atoms with van der Waals surface area (Å²) < 4.78 is 9.44. The number of hydrogen-bond donors (Lipinski definition) is 1. The van der Waals surface area contributed by atoms with Crippen molar-refractivity contribution in [2.24, 2.45) is 0 Å². The standard InChI is InChI=1S/C10H9NO7/c1-17-6-2-3-7(11(15)16)8(4-6)18-10(14)5-9(12)13/h2-4H,5H2,1H3,(H,12,13). The summed E-state index contributed by atoms with van der Waals surface area (Å²) in [7, 11) is 1.34. The smallest absolute Gasteiger partial charge is 0.322 e. The zero-order chi connectivity index (χ0) is 13.7. The third kappa shape index (κ3) is 3.44. The molecule has 0 atom stereocenters. The summed E-state index contributed by atoms with van der Waals surface area (Å²) in [5.41, 5.74) is -0.450. The second-order valence-electron chi connectivity index (χ2n) is 3.14. The van der Waals surface area contributed by atoms with E-state index in [4.69, 9.17) is 9.84 Å². The number of benzene rings is 1. The van der Waals surface area contributed by atoms with Gasteiger partial charge in [-0.15, -0.1) is 0 Å². The van der Waals surface area contributed by atoms with Crippen molar-refractivity contribution in [3.63, 3.8) is 0 Å². The highest BCUT2D eigenvalue weighted by Gasteiger charge is 2.20. The predicted octanol–water partition coefficient (Wildman–Crippen LogP) is 0.983. The lowest BCUT2D eigenvalue weighted by Gasteiger charge is -2.05. The normalized spacial score (nSPS) is 9.61. The monoisotopic (exact) mass is 255 g/mol. The maximum Gasteiger partial charge on any atom is 0.322 e. The second kappa shape index (κ2) is 5.62. The molecule has 0 aromatic heterocycles. The molecule has 0 amide bonds. The minimum Gasteiger partial charge on any atom is -0.497 e. The Bertz CT molecular complexity index is 497. The van der Waals surface area contributed by atoms with Crippen LogP contribution in [0.4, 0.5) is 5.69 Å². The number of nitro groups is 1. The van der Waals surface area contributed by atoms with E-state index in [9.17, 15) is 19.7 Å². The number of rotatable bonds is 5. The molecule has 0 spiro atoms. The number of carbonyl (C=O) groups is 2. The minimum atomic E-state index is -1.38. The van der Waals surface area contributed by atoms with Gasteiger partial charge in [-0.1, -0.05) is 0 Å². The van der Waals surface area contributed by atoms with Gasteiger partial charge < -0.3 is 14.6 Å². The SMILES string of the molecule is COc1ccc([N+](=O)[O-])c(OC(=O)CC(=O)O)c1. The topological polar surface area (TPSA) is 116 Å². The first-order valence-electron chi connectivity index (χ1n) is 4.69. The van der Waals surface area contributed by atoms with Crippen LogP contribution in [0.25, 0.3) is 0 Å². The Kier molecular flexibility index (Phi) is 4.19. The van der Waals surface area contributed by atoms with E-state index in [0.29, 0.717) is 0 Å². The van der Waals surface area contributed by atoms with E-state index < -0.39 is 29.0 Å². The number of carboxylic acids is 1. The Balaban J connectivity index is 3.00. The molecule has 0 saturated carbocycles. The molecule has 0 fully saturated rings. The van der Waals surface area contributed by atoms with Crippen LogP contribution in [0.1, 0.15) is 6.42 Å². The van der Waals surface area contributed by atoms with Crippen molar-refractivity contribution in [1.82, 2.24) is 0 Å². The Morgan fingerprint density at radius 1 is 1.44 bits per heavy atom. The van der Waals surface area contributed by atoms with Gasteiger partial charge in [0.15, 0.2) is 0 Å². The summed E-state index contributed by atoms with van der Waals surface area (Å²) in [6, 6.07) is 3.56. The molecule has 96 valence electrons. The zero-order valence-corrected chi connectivity index (χ0v) is 9.28. The molecule has 18 heavy (non-hydrogen) atoms. The summed E-state index contributed by atoms with van der Waals surface area (Å²) in [5.74, 6) is -2.59. The van der Waals surface area contributed by atoms with Gasteiger partial charge in [-0.3, -0.25) is 19.7 Å². The van der Waals surface area contributed by atoms with E-state index in [-0.39, 0.29) is 11.5 Å². The average molecular weight is 255 g/mol. The predicted molar refractivity (Wildman–Crippen MR) is 57.5 cm³/mol. The van der Waals surface area contributed by atoms with Crippen LogP contribution in [-0.4, -0.2) is 29.1 Å². The first kappa shape index (κ1) is 13.4. The zero-order valence-electron chi connectivity index (χ0n) is 9.28. The van der Waals surface area contributed by atoms with Gasteiger partial charge in [-0.05, 0) is 6.07 Å². The quantitative estimate of drug-likeness (QED) is 0.274. The highest BCUT2D eigenvalue weighted by Crippen LogP contribution is 2.31. The Hall–Kier alpha value is -2.64. The van der Waals surface area contributed by atoms with E-state index in [1.54, 1.807) is 0 Å². The van der Waals surface area contributed by atoms with Crippen LogP contribution in [0.3, 0.4) is 0 Å². The number of ether oxygens (including phenoxy) is 2. The van der Waals surface area contributed by atoms with Gasteiger partial charge in [-0.25, -0.2) is 0 Å². The van der Waals surface area contributed by atoms with E-state index in [1.165, 1.54) is 13.2 Å². The molecule has 0 aliphatic rings. The van der Waals surface area contributed by atoms with Gasteiger partial charge in [0.25, 0.3) is 0 Å². The summed E-state index contributed by atoms with van der Waals surface area (Å²) in [4.78, 5) is 31.3. The van der Waals surface area contributed by atoms with Gasteiger partial charge in [0.1, 0.15) is 12.2 Å². The highest BCUT2D eigenvalue weighted by atomic mass is 16.6. The highest BCUT2D eigenvalue weighted by molar-refractivity contribution is 5.91. The van der Waals surface area contributed by atoms with E-state index in [1.807, 2.05) is 0 Å². The van der Waals surface area contributed by atoms with Crippen LogP contribution in [0.2, 0.25) is 0 Å². The molecule has 0 aliphatic carbocycles. The number of nitro benzene ring substituents is 1. The molecule has 0 heterocycles. The number of carbonyl (C=O) groups excluding carboxylic acids is 1. The summed E-state index contributed by atoms with van der Waals surface area (Å²) in [5, 5.41) is 19.1. The Labute approximate surface area is 101 Å². The fourth-order valence-corrected chi connectivity index (χ4v) is 1.14. The van der Waals surface area contributed by atoms with Crippen LogP contribution in [0.15, 0.2) is 18.2 Å². The third-order valence-corrected chi connectivity index (χ3v) is 1.88. The van der Waals surface area contributed by atoms with E-state index in [0.717, 1.165) is 12.1 Å². The molecule has 1 aromatic rings. The maximum atomic E-state index is 11.1. The molecule has 1 rings (SSSR count). The molecule has 0 bridgehead atoms. The second-order valence-corrected chi connectivity index (χ2v) is 3.14. The number of carboxylic acid groups (broad SMARTS) is 1. The molecular formula is C10H9NO7. The average Bonchev–Trinajstić information content (AvgIpc) is 2.27. The van der Waals surface area contributed by atoms with Gasteiger partial charge in [0.05, 0.1) is 12.0 Å². The van der Waals surface area contributed by atoms with Gasteiger partial charge in [-0.2, -0.15) is 0 Å². The maximum absolute atomic E-state index is 11.1. The Morgan fingerprint density at radius 3 is 2.61 bits per heavy atom. The fourth-order valence-electron chi connectivity index (χ4n) is 1.14. The number of hydrogen-bond acceptors (Lipinski definition) is 6. The van der Waals surface area contributed by atoms with Crippen LogP contribution < -0.4 is 9.47 Å². The summed E-state index contributed by atoms with van der Waals surface area (Å²) in [6.07, 6.45) is -0.881. The van der Waals surface area contributed by atoms with Crippen LogP contribution >= 0.6 is 0 Å². The summed E-state index contributed by atoms with van der Waals surface area (Å²) >= 11 is 0. The van der Waals surface area contributed by atoms with E-state index >= 15 is 0 Å². The van der Waals surface area contributed by atoms with Crippen molar-refractivity contribution in [3.05, 3.63) is 28.3 Å². The molecular weight excluding hydrogens is 246 g/mol. The molecule has 1 N–H and O–H groups in total. The van der Waals surface area contributed by atoms with Gasteiger partial charge in [0, 0.05) is 12.1 Å². The molecule has 0 saturated heterocycles. The van der Waals surface area contributed by atoms with Crippen molar-refractivity contribution in [1.29, 1.82) is 0 Å². The van der Waals surface area contributed by atoms with Crippen molar-refractivity contribution >= 4 is 17.6 Å². The first-order chi connectivity index (χ1) is 8.43. The lowest BCUT2D eigenvalue weighted by molar-refractivity contribution is -0.385. The Morgan fingerprint density at radius 2 is 2.11 bits per heavy atom. The molecule has 0 radical (unpaired) electrons. The molecule has 0 aliphatic heterocycles. The fraction of sp³-hybridized carbons (Fsp3) is 0.200. The van der Waals surface area contributed by atoms with Crippen molar-refractivity contribution in [3.8, 4) is 11.5 Å². The number of aliphatic carboxylic acids is 1. The first-order valence-corrected chi connectivity index (χ1v) is 4.69. The van der Waals surface area contributed by atoms with E-state index in [2.05, 4.69) is 4.74 Å². The summed E-state index contributed by atoms with van der Waals surface area (Å²) in [6.45, 7) is 0. The largest absolute Gasteiger partial charge is 0.497 e. The van der Waals surface area contributed by atoms with Crippen LogP contribution in [0, 0.1) is 10.1 Å². The molecule has 1 aromatic carbocycles. The lowest BCUT2D eigenvalue weighted by atomic mass is 10.3. The number of methoxy groups -OCH3 is 1. The van der Waals surface area contributed by atoms with Crippen molar-refractivity contribution in [2.75, 3.05) is 7.11 Å². The molecule has 8 nitrogen and oxygen atoms in total. The number of nitrogens with zero attached hydrogens (tertiary/aromatic N) is 1. The minimum absolute atomic E-state index is 0.249. The van der Waals surface area contributed by atoms with Gasteiger partial charge in [0.2, 0.25) is 5.75 Å². The van der Waals surface area contributed by atoms with Crippen molar-refractivity contribution < 1.29 is 29.1 Å². The molecule has 0 unspecified atom stereocenters. The van der Waals surface area contributed by atoms with Crippen LogP contribution in [0.5, 0.6) is 11.5 Å². The number of esters is 1.